The summed E-state index contributed by atoms with van der Waals surface area (Å²) in [7, 11) is 0. The first-order valence-electron chi connectivity index (χ1n) is 9.36. The number of hydrogen-bond donors (Lipinski definition) is 3. The van der Waals surface area contributed by atoms with Crippen LogP contribution >= 0.6 is 0 Å². The highest BCUT2D eigenvalue weighted by molar-refractivity contribution is 5.95. The van der Waals surface area contributed by atoms with Crippen molar-refractivity contribution >= 4 is 22.9 Å². The topological polar surface area (TPSA) is 83.2 Å². The Morgan fingerprint density at radius 3 is 2.30 bits per heavy atom. The van der Waals surface area contributed by atoms with Crippen LogP contribution in [0.25, 0.3) is 10.9 Å². The number of ether oxygens (including phenoxy) is 1. The molecule has 2 amide bonds. The summed E-state index contributed by atoms with van der Waals surface area (Å²) in [4.78, 5) is 28.0. The molecule has 6 heteroatoms. The zero-order chi connectivity index (χ0) is 20.4. The fraction of sp³-hybridized carbons (Fsp3) is 0.524. The van der Waals surface area contributed by atoms with Gasteiger partial charge in [0.05, 0.1) is 6.04 Å². The smallest absolute Gasteiger partial charge is 0.414 e. The van der Waals surface area contributed by atoms with E-state index >= 15 is 0 Å². The highest BCUT2D eigenvalue weighted by Crippen LogP contribution is 2.26. The molecule has 1 aromatic heterocycles. The van der Waals surface area contributed by atoms with Crippen LogP contribution in [0.1, 0.15) is 58.8 Å². The summed E-state index contributed by atoms with van der Waals surface area (Å²) < 4.78 is 5.18. The Bertz CT molecular complexity index is 818. The Balaban J connectivity index is 2.13. The monoisotopic (exact) mass is 373 g/mol. The number of amides is 2. The van der Waals surface area contributed by atoms with Gasteiger partial charge in [0.25, 0.3) is 0 Å². The van der Waals surface area contributed by atoms with E-state index in [0.29, 0.717) is 0 Å². The molecular weight excluding hydrogens is 342 g/mol. The molecular formula is C21H31N3O3. The molecule has 0 saturated carbocycles. The van der Waals surface area contributed by atoms with Crippen LogP contribution in [0, 0.1) is 12.8 Å². The largest absolute Gasteiger partial charge is 0.444 e. The first-order valence-corrected chi connectivity index (χ1v) is 9.36. The third-order valence-corrected chi connectivity index (χ3v) is 4.44. The van der Waals surface area contributed by atoms with Crippen LogP contribution in [0.15, 0.2) is 24.3 Å². The number of rotatable bonds is 5. The Morgan fingerprint density at radius 1 is 1.11 bits per heavy atom. The third kappa shape index (κ3) is 5.32. The first-order chi connectivity index (χ1) is 12.5. The predicted molar refractivity (Wildman–Crippen MR) is 108 cm³/mol. The highest BCUT2D eigenvalue weighted by atomic mass is 16.6. The number of alkyl carbamates (subject to hydrolysis) is 1. The number of hydrogen-bond acceptors (Lipinski definition) is 4. The molecule has 2 rings (SSSR count). The van der Waals surface area contributed by atoms with Crippen LogP contribution in [0.3, 0.4) is 0 Å². The van der Waals surface area contributed by atoms with E-state index in [1.165, 1.54) is 5.39 Å². The summed E-state index contributed by atoms with van der Waals surface area (Å²) in [6.45, 7) is 13.2. The van der Waals surface area contributed by atoms with Crippen LogP contribution in [0.5, 0.6) is 0 Å². The van der Waals surface area contributed by atoms with Gasteiger partial charge < -0.3 is 9.72 Å². The van der Waals surface area contributed by atoms with Gasteiger partial charge in [-0.2, -0.15) is 0 Å². The van der Waals surface area contributed by atoms with Crippen molar-refractivity contribution in [2.75, 3.05) is 0 Å². The third-order valence-electron chi connectivity index (χ3n) is 4.44. The zero-order valence-corrected chi connectivity index (χ0v) is 17.3. The quantitative estimate of drug-likeness (QED) is 0.733. The van der Waals surface area contributed by atoms with Crippen molar-refractivity contribution in [3.05, 3.63) is 35.5 Å². The number of benzene rings is 1. The summed E-state index contributed by atoms with van der Waals surface area (Å²) in [5.74, 6) is -0.389. The van der Waals surface area contributed by atoms with Gasteiger partial charge in [-0.3, -0.25) is 15.4 Å². The second-order valence-electron chi connectivity index (χ2n) is 8.31. The molecule has 148 valence electrons. The number of fused-ring (bicyclic) bond motifs is 1. The van der Waals surface area contributed by atoms with E-state index in [-0.39, 0.29) is 17.9 Å². The van der Waals surface area contributed by atoms with Gasteiger partial charge in [0, 0.05) is 22.6 Å². The molecule has 0 spiro atoms. The van der Waals surface area contributed by atoms with E-state index in [1.54, 1.807) is 20.8 Å². The van der Waals surface area contributed by atoms with Gasteiger partial charge >= 0.3 is 6.09 Å². The molecule has 0 fully saturated rings. The normalized spacial score (nSPS) is 14.2. The van der Waals surface area contributed by atoms with Crippen molar-refractivity contribution in [2.24, 2.45) is 5.92 Å². The minimum Gasteiger partial charge on any atom is -0.444 e. The van der Waals surface area contributed by atoms with Crippen molar-refractivity contribution in [3.8, 4) is 0 Å². The van der Waals surface area contributed by atoms with Gasteiger partial charge in [0.1, 0.15) is 5.60 Å². The zero-order valence-electron chi connectivity index (χ0n) is 17.3. The summed E-state index contributed by atoms with van der Waals surface area (Å²) in [6.07, 6.45) is -0.727. The van der Waals surface area contributed by atoms with Crippen LogP contribution in [-0.4, -0.2) is 28.6 Å². The molecule has 6 nitrogen and oxygen atoms in total. The number of aryl methyl sites for hydroxylation is 1. The molecule has 0 bridgehead atoms. The Labute approximate surface area is 161 Å². The van der Waals surface area contributed by atoms with Crippen LogP contribution in [0.2, 0.25) is 0 Å². The van der Waals surface area contributed by atoms with E-state index in [0.717, 1.165) is 16.8 Å². The molecule has 2 aromatic rings. The maximum Gasteiger partial charge on any atom is 0.414 e. The predicted octanol–water partition coefficient (Wildman–Crippen LogP) is 4.20. The lowest BCUT2D eigenvalue weighted by Crippen LogP contribution is -2.50. The average Bonchev–Trinajstić information content (AvgIpc) is 2.87. The van der Waals surface area contributed by atoms with Gasteiger partial charge in [0.2, 0.25) is 5.91 Å². The number of H-pyrrole nitrogens is 1. The van der Waals surface area contributed by atoms with Gasteiger partial charge in [-0.1, -0.05) is 32.0 Å². The molecule has 0 aliphatic carbocycles. The van der Waals surface area contributed by atoms with Crippen molar-refractivity contribution in [1.82, 2.24) is 15.6 Å². The summed E-state index contributed by atoms with van der Waals surface area (Å²) in [6, 6.07) is 7.49. The van der Waals surface area contributed by atoms with Crippen molar-refractivity contribution < 1.29 is 14.3 Å². The number of aromatic nitrogens is 1. The van der Waals surface area contributed by atoms with Gasteiger partial charge in [-0.05, 0) is 52.2 Å². The minimum absolute atomic E-state index is 0.000397. The van der Waals surface area contributed by atoms with Gasteiger partial charge in [-0.15, -0.1) is 0 Å². The Morgan fingerprint density at radius 2 is 1.74 bits per heavy atom. The van der Waals surface area contributed by atoms with Crippen molar-refractivity contribution in [2.45, 2.75) is 66.2 Å². The number of imide groups is 1. The standard InChI is InChI=1S/C21H31N3O3/c1-12(2)17(19(25)24-20(26)27-21(5,6)7)22-14(4)18-13(3)15-10-8-9-11-16(15)23-18/h8-12,14,17,22-23H,1-7H3,(H,24,25,26)/t14?,17-/m0/s1. The second kappa shape index (κ2) is 8.13. The SMILES string of the molecule is Cc1c(C(C)N[C@H](C(=O)NC(=O)OC(C)(C)C)C(C)C)[nH]c2ccccc12. The van der Waals surface area contributed by atoms with Crippen LogP contribution in [-0.2, 0) is 9.53 Å². The number of carbonyl (C=O) groups is 2. The number of aromatic amines is 1. The molecule has 0 saturated heterocycles. The lowest BCUT2D eigenvalue weighted by Gasteiger charge is -2.26. The molecule has 0 aliphatic heterocycles. The second-order valence-corrected chi connectivity index (χ2v) is 8.31. The maximum atomic E-state index is 12.6. The van der Waals surface area contributed by atoms with E-state index < -0.39 is 17.7 Å². The number of nitrogens with one attached hydrogen (secondary N) is 3. The molecule has 1 heterocycles. The molecule has 2 atom stereocenters. The summed E-state index contributed by atoms with van der Waals surface area (Å²) in [5, 5.41) is 6.86. The summed E-state index contributed by atoms with van der Waals surface area (Å²) >= 11 is 0. The molecule has 3 N–H and O–H groups in total. The fourth-order valence-corrected chi connectivity index (χ4v) is 3.14. The van der Waals surface area contributed by atoms with E-state index in [9.17, 15) is 9.59 Å². The van der Waals surface area contributed by atoms with E-state index in [1.807, 2.05) is 39.0 Å². The average molecular weight is 373 g/mol. The number of para-hydroxylation sites is 1. The van der Waals surface area contributed by atoms with Crippen LogP contribution in [0.4, 0.5) is 4.79 Å². The number of carbonyl (C=O) groups excluding carboxylic acids is 2. The molecule has 1 aromatic carbocycles. The molecule has 27 heavy (non-hydrogen) atoms. The Hall–Kier alpha value is -2.34. The van der Waals surface area contributed by atoms with E-state index in [4.69, 9.17) is 4.74 Å². The van der Waals surface area contributed by atoms with Crippen molar-refractivity contribution in [3.63, 3.8) is 0 Å². The minimum atomic E-state index is -0.727. The van der Waals surface area contributed by atoms with E-state index in [2.05, 4.69) is 28.6 Å². The molecule has 0 aliphatic rings. The summed E-state index contributed by atoms with van der Waals surface area (Å²) in [5.41, 5.74) is 2.60. The Kier molecular flexibility index (Phi) is 6.31. The van der Waals surface area contributed by atoms with Gasteiger partial charge in [-0.25, -0.2) is 4.79 Å². The first kappa shape index (κ1) is 21.0. The fourth-order valence-electron chi connectivity index (χ4n) is 3.14. The molecule has 1 unspecified atom stereocenters. The lowest BCUT2D eigenvalue weighted by atomic mass is 10.0. The highest BCUT2D eigenvalue weighted by Gasteiger charge is 2.28. The van der Waals surface area contributed by atoms with Crippen molar-refractivity contribution in [1.29, 1.82) is 0 Å². The molecule has 0 radical (unpaired) electrons. The maximum absolute atomic E-state index is 12.6. The van der Waals surface area contributed by atoms with Gasteiger partial charge in [0.15, 0.2) is 0 Å². The lowest BCUT2D eigenvalue weighted by molar-refractivity contribution is -0.124. The van der Waals surface area contributed by atoms with Crippen LogP contribution < -0.4 is 10.6 Å².